The van der Waals surface area contributed by atoms with Crippen LogP contribution in [-0.2, 0) is 16.1 Å². The lowest BCUT2D eigenvalue weighted by atomic mass is 9.87. The average Bonchev–Trinajstić information content (AvgIpc) is 3.37. The Bertz CT molecular complexity index is 2090. The number of ether oxygens (including phenoxy) is 1. The summed E-state index contributed by atoms with van der Waals surface area (Å²) in [5.41, 5.74) is 5.90. The molecule has 2 aromatic carbocycles. The van der Waals surface area contributed by atoms with Gasteiger partial charge in [0.25, 0.3) is 23.6 Å². The minimum absolute atomic E-state index is 0.00439. The standard InChI is InChI=1S/C37H34ClFN8O6/c38-28-13-25(4-1-19(28)15-40)53-24-5-2-21(3-6-24)46-33(48)10-8-31(37(46)52)47-35(50)26-11-20(29(39)14-27(26)36(47)51)16-44-17-22-12-23(18-44)45(22)32-9-7-30(34(41)49)42-43-32/h1,4,7,9,11,13-14,21-24,31H,2-3,5-6,8,10,12,16-18H2,(H2,41,49)/t21?,22-,23-,24?,31-/m1/s1. The van der Waals surface area contributed by atoms with Crippen molar-refractivity contribution in [1.82, 2.24) is 24.9 Å². The molecular formula is C37H34ClFN8O6. The van der Waals surface area contributed by atoms with Crippen molar-refractivity contribution >= 4 is 47.0 Å². The van der Waals surface area contributed by atoms with Crippen LogP contribution in [0.4, 0.5) is 10.2 Å². The van der Waals surface area contributed by atoms with E-state index in [4.69, 9.17) is 27.3 Å². The van der Waals surface area contributed by atoms with Crippen molar-refractivity contribution in [2.45, 2.75) is 81.8 Å². The van der Waals surface area contributed by atoms with Crippen LogP contribution in [0.15, 0.2) is 42.5 Å². The molecular weight excluding hydrogens is 707 g/mol. The lowest BCUT2D eigenvalue weighted by molar-refractivity contribution is -0.155. The van der Waals surface area contributed by atoms with Crippen molar-refractivity contribution < 1.29 is 33.1 Å². The number of aromatic nitrogens is 2. The van der Waals surface area contributed by atoms with Crippen LogP contribution >= 0.6 is 11.6 Å². The summed E-state index contributed by atoms with van der Waals surface area (Å²) in [6, 6.07) is 11.2. The maximum absolute atomic E-state index is 15.6. The molecule has 6 heterocycles. The van der Waals surface area contributed by atoms with Crippen LogP contribution in [0.3, 0.4) is 0 Å². The Balaban J connectivity index is 0.912. The molecule has 2 N–H and O–H groups in total. The Morgan fingerprint density at radius 2 is 1.64 bits per heavy atom. The Labute approximate surface area is 308 Å². The minimum atomic E-state index is -1.18. The highest BCUT2D eigenvalue weighted by molar-refractivity contribution is 6.31. The van der Waals surface area contributed by atoms with E-state index in [0.717, 1.165) is 17.4 Å². The summed E-state index contributed by atoms with van der Waals surface area (Å²) in [6.07, 6.45) is 2.76. The van der Waals surface area contributed by atoms with E-state index in [2.05, 4.69) is 20.0 Å². The van der Waals surface area contributed by atoms with E-state index in [9.17, 15) is 24.0 Å². The first kappa shape index (κ1) is 34.6. The number of carbonyl (C=O) groups is 5. The molecule has 5 aliphatic heterocycles. The van der Waals surface area contributed by atoms with E-state index in [1.165, 1.54) is 17.0 Å². The number of likely N-dealkylation sites (tertiary alicyclic amines) is 1. The summed E-state index contributed by atoms with van der Waals surface area (Å²) in [5, 5.41) is 17.5. The third-order valence-electron chi connectivity index (χ3n) is 11.0. The predicted octanol–water partition coefficient (Wildman–Crippen LogP) is 3.21. The van der Waals surface area contributed by atoms with E-state index in [0.29, 0.717) is 55.9 Å². The molecule has 53 heavy (non-hydrogen) atoms. The fourth-order valence-corrected chi connectivity index (χ4v) is 8.66. The van der Waals surface area contributed by atoms with Gasteiger partial charge in [-0.2, -0.15) is 5.26 Å². The molecule has 5 amide bonds. The van der Waals surface area contributed by atoms with Gasteiger partial charge in [0.2, 0.25) is 5.91 Å². The van der Waals surface area contributed by atoms with E-state index >= 15 is 4.39 Å². The lowest BCUT2D eigenvalue weighted by Gasteiger charge is -2.56. The summed E-state index contributed by atoms with van der Waals surface area (Å²) in [5.74, 6) is -2.51. The number of nitriles is 1. The van der Waals surface area contributed by atoms with Gasteiger partial charge in [-0.15, -0.1) is 10.2 Å². The van der Waals surface area contributed by atoms with Crippen molar-refractivity contribution in [3.63, 3.8) is 0 Å². The molecule has 272 valence electrons. The van der Waals surface area contributed by atoms with Crippen molar-refractivity contribution in [3.05, 3.63) is 81.3 Å². The molecule has 3 atom stereocenters. The Kier molecular flexibility index (Phi) is 8.82. The molecule has 5 fully saturated rings. The maximum atomic E-state index is 15.6. The van der Waals surface area contributed by atoms with Gasteiger partial charge in [-0.3, -0.25) is 38.7 Å². The average molecular weight is 741 g/mol. The van der Waals surface area contributed by atoms with Gasteiger partial charge < -0.3 is 15.4 Å². The monoisotopic (exact) mass is 740 g/mol. The minimum Gasteiger partial charge on any atom is -0.490 e. The number of carbonyl (C=O) groups excluding carboxylic acids is 5. The highest BCUT2D eigenvalue weighted by Crippen LogP contribution is 2.38. The van der Waals surface area contributed by atoms with Crippen LogP contribution in [0.5, 0.6) is 5.75 Å². The molecule has 4 saturated heterocycles. The molecule has 14 nitrogen and oxygen atoms in total. The third-order valence-corrected chi connectivity index (χ3v) is 11.3. The second-order valence-electron chi connectivity index (χ2n) is 14.2. The molecule has 1 aromatic heterocycles. The zero-order valence-electron chi connectivity index (χ0n) is 28.4. The van der Waals surface area contributed by atoms with E-state index in [1.54, 1.807) is 24.3 Å². The number of amides is 5. The second kappa shape index (κ2) is 13.5. The molecule has 3 aromatic rings. The molecule has 0 radical (unpaired) electrons. The summed E-state index contributed by atoms with van der Waals surface area (Å²) in [4.78, 5) is 72.1. The molecule has 16 heteroatoms. The number of nitrogens with zero attached hydrogens (tertiary/aromatic N) is 7. The molecule has 9 rings (SSSR count). The largest absolute Gasteiger partial charge is 0.490 e. The molecule has 2 bridgehead atoms. The number of fused-ring (bicyclic) bond motifs is 3. The van der Waals surface area contributed by atoms with Crippen LogP contribution in [0.2, 0.25) is 5.02 Å². The lowest BCUT2D eigenvalue weighted by Crippen LogP contribution is -2.69. The Hall–Kier alpha value is -5.46. The number of primary amides is 1. The fourth-order valence-electron chi connectivity index (χ4n) is 8.45. The Morgan fingerprint density at radius 3 is 2.28 bits per heavy atom. The summed E-state index contributed by atoms with van der Waals surface area (Å²) >= 11 is 6.14. The number of hydrogen-bond acceptors (Lipinski definition) is 11. The molecule has 1 aliphatic carbocycles. The summed E-state index contributed by atoms with van der Waals surface area (Å²) in [6.45, 7) is 1.41. The van der Waals surface area contributed by atoms with Gasteiger partial charge in [0.1, 0.15) is 23.7 Å². The fraction of sp³-hybridized carbons (Fsp3) is 0.405. The van der Waals surface area contributed by atoms with Gasteiger partial charge in [-0.1, -0.05) is 11.6 Å². The van der Waals surface area contributed by atoms with Crippen LogP contribution in [0.1, 0.15) is 87.3 Å². The van der Waals surface area contributed by atoms with E-state index in [1.807, 2.05) is 6.07 Å². The quantitative estimate of drug-likeness (QED) is 0.335. The molecule has 0 unspecified atom stereocenters. The first-order valence-electron chi connectivity index (χ1n) is 17.6. The zero-order chi connectivity index (χ0) is 37.1. The van der Waals surface area contributed by atoms with Gasteiger partial charge >= 0.3 is 0 Å². The molecule has 1 saturated carbocycles. The predicted molar refractivity (Wildman–Crippen MR) is 185 cm³/mol. The smallest absolute Gasteiger partial charge is 0.269 e. The highest BCUT2D eigenvalue weighted by atomic mass is 35.5. The third kappa shape index (κ3) is 6.15. The maximum Gasteiger partial charge on any atom is 0.269 e. The van der Waals surface area contributed by atoms with Crippen molar-refractivity contribution in [1.29, 1.82) is 5.26 Å². The van der Waals surface area contributed by atoms with Crippen LogP contribution in [0.25, 0.3) is 0 Å². The molecule has 6 aliphatic rings. The topological polar surface area (TPSA) is 183 Å². The normalized spacial score (nSPS) is 25.6. The SMILES string of the molecule is N#Cc1ccc(OC2CCC(N3C(=O)CC[C@@H](N4C(=O)c5cc(F)c(CN6C[C@H]7C[C@H](C6)N7c6ccc(C(N)=O)nn6)cc5C4=O)C3=O)CC2)cc1Cl. The van der Waals surface area contributed by atoms with Crippen molar-refractivity contribution in [3.8, 4) is 11.8 Å². The highest BCUT2D eigenvalue weighted by Gasteiger charge is 2.50. The van der Waals surface area contributed by atoms with Crippen LogP contribution in [0, 0.1) is 17.1 Å². The van der Waals surface area contributed by atoms with Gasteiger partial charge in [-0.05, 0) is 74.9 Å². The van der Waals surface area contributed by atoms with Crippen LogP contribution < -0.4 is 15.4 Å². The van der Waals surface area contributed by atoms with E-state index < -0.39 is 41.5 Å². The number of imide groups is 2. The Morgan fingerprint density at radius 1 is 0.925 bits per heavy atom. The van der Waals surface area contributed by atoms with Gasteiger partial charge in [0.15, 0.2) is 11.5 Å². The first-order valence-corrected chi connectivity index (χ1v) is 17.9. The van der Waals surface area contributed by atoms with Crippen LogP contribution in [-0.4, -0.2) is 97.8 Å². The van der Waals surface area contributed by atoms with Gasteiger partial charge in [0.05, 0.1) is 27.8 Å². The number of piperazine rings is 1. The number of rotatable bonds is 8. The number of hydrogen-bond donors (Lipinski definition) is 1. The van der Waals surface area contributed by atoms with E-state index in [-0.39, 0.29) is 70.9 Å². The number of nitrogens with two attached hydrogens (primary N) is 1. The van der Waals surface area contributed by atoms with Gasteiger partial charge in [0, 0.05) is 55.8 Å². The van der Waals surface area contributed by atoms with Gasteiger partial charge in [-0.25, -0.2) is 4.39 Å². The zero-order valence-corrected chi connectivity index (χ0v) is 29.2. The summed E-state index contributed by atoms with van der Waals surface area (Å²) in [7, 11) is 0. The van der Waals surface area contributed by atoms with Crippen molar-refractivity contribution in [2.24, 2.45) is 5.73 Å². The number of anilines is 1. The molecule has 0 spiro atoms. The first-order chi connectivity index (χ1) is 25.5. The number of piperidine rings is 2. The van der Waals surface area contributed by atoms with Crippen molar-refractivity contribution in [2.75, 3.05) is 18.0 Å². The second-order valence-corrected chi connectivity index (χ2v) is 14.6. The summed E-state index contributed by atoms with van der Waals surface area (Å²) < 4.78 is 21.6. The number of benzene rings is 2. The number of halogens is 2.